The molecule has 1 saturated heterocycles. The zero-order valence-electron chi connectivity index (χ0n) is 13.1. The van der Waals surface area contributed by atoms with Gasteiger partial charge in [-0.25, -0.2) is 4.79 Å². The van der Waals surface area contributed by atoms with Crippen molar-refractivity contribution in [3.05, 3.63) is 48.0 Å². The van der Waals surface area contributed by atoms with Gasteiger partial charge in [-0.15, -0.1) is 0 Å². The molecule has 3 heterocycles. The third-order valence-electron chi connectivity index (χ3n) is 4.37. The number of rotatable bonds is 2. The Morgan fingerprint density at radius 2 is 1.68 bits per heavy atom. The molecule has 1 aliphatic heterocycles. The molecule has 2 aromatic heterocycles. The van der Waals surface area contributed by atoms with Gasteiger partial charge in [0.05, 0.1) is 0 Å². The minimum atomic E-state index is -0.0226. The van der Waals surface area contributed by atoms with E-state index < -0.39 is 0 Å². The summed E-state index contributed by atoms with van der Waals surface area (Å²) in [5, 5.41) is 2.92. The molecule has 0 spiro atoms. The number of hydrogen-bond acceptors (Lipinski definition) is 2. The van der Waals surface area contributed by atoms with E-state index >= 15 is 0 Å². The maximum absolute atomic E-state index is 12.3. The first-order valence-electron chi connectivity index (χ1n) is 7.75. The highest BCUT2D eigenvalue weighted by atomic mass is 16.2. The van der Waals surface area contributed by atoms with E-state index in [0.717, 1.165) is 31.6 Å². The van der Waals surface area contributed by atoms with Crippen molar-refractivity contribution in [2.45, 2.75) is 32.7 Å². The first-order chi connectivity index (χ1) is 10.6. The molecule has 5 nitrogen and oxygen atoms in total. The number of amides is 2. The normalized spacial score (nSPS) is 15.8. The second kappa shape index (κ2) is 6.22. The van der Waals surface area contributed by atoms with Crippen LogP contribution in [0, 0.1) is 13.8 Å². The number of aromatic nitrogens is 2. The number of nitrogens with zero attached hydrogens (tertiary/aromatic N) is 3. The SMILES string of the molecule is Cc1ccc(C)n1C1CCN(C(=O)Nc2ccncc2)CC1. The molecule has 22 heavy (non-hydrogen) atoms. The highest BCUT2D eigenvalue weighted by Crippen LogP contribution is 2.26. The molecule has 0 bridgehead atoms. The van der Waals surface area contributed by atoms with Gasteiger partial charge in [0.2, 0.25) is 0 Å². The molecule has 0 atom stereocenters. The van der Waals surface area contributed by atoms with Gasteiger partial charge in [-0.2, -0.15) is 0 Å². The molecule has 2 amide bonds. The second-order valence-electron chi connectivity index (χ2n) is 5.87. The van der Waals surface area contributed by atoms with Crippen LogP contribution in [0.4, 0.5) is 10.5 Å². The van der Waals surface area contributed by atoms with Crippen molar-refractivity contribution in [2.24, 2.45) is 0 Å². The van der Waals surface area contributed by atoms with Crippen LogP contribution in [0.15, 0.2) is 36.7 Å². The Labute approximate surface area is 131 Å². The summed E-state index contributed by atoms with van der Waals surface area (Å²) in [7, 11) is 0. The smallest absolute Gasteiger partial charge is 0.321 e. The lowest BCUT2D eigenvalue weighted by molar-refractivity contribution is 0.183. The van der Waals surface area contributed by atoms with E-state index in [2.05, 4.69) is 40.8 Å². The molecule has 2 aromatic rings. The monoisotopic (exact) mass is 298 g/mol. The Balaban J connectivity index is 1.59. The Morgan fingerprint density at radius 1 is 1.09 bits per heavy atom. The van der Waals surface area contributed by atoms with Crippen LogP contribution in [0.25, 0.3) is 0 Å². The van der Waals surface area contributed by atoms with Crippen LogP contribution in [0.3, 0.4) is 0 Å². The van der Waals surface area contributed by atoms with Gasteiger partial charge in [-0.05, 0) is 51.0 Å². The summed E-state index contributed by atoms with van der Waals surface area (Å²) < 4.78 is 2.40. The average Bonchev–Trinajstić information content (AvgIpc) is 2.87. The van der Waals surface area contributed by atoms with Crippen LogP contribution in [-0.4, -0.2) is 33.6 Å². The van der Waals surface area contributed by atoms with Crippen molar-refractivity contribution >= 4 is 11.7 Å². The second-order valence-corrected chi connectivity index (χ2v) is 5.87. The standard InChI is InChI=1S/C17H22N4O/c1-13-3-4-14(2)21(13)16-7-11-20(12-8-16)17(22)19-15-5-9-18-10-6-15/h3-6,9-10,16H,7-8,11-12H2,1-2H3,(H,18,19,22). The number of urea groups is 1. The van der Waals surface area contributed by atoms with E-state index in [1.54, 1.807) is 24.5 Å². The molecular weight excluding hydrogens is 276 g/mol. The summed E-state index contributed by atoms with van der Waals surface area (Å²) in [6.07, 6.45) is 5.36. The minimum Gasteiger partial charge on any atom is -0.346 e. The number of likely N-dealkylation sites (tertiary alicyclic amines) is 1. The molecule has 1 aliphatic rings. The van der Waals surface area contributed by atoms with Gasteiger partial charge in [-0.3, -0.25) is 4.98 Å². The van der Waals surface area contributed by atoms with Gasteiger partial charge < -0.3 is 14.8 Å². The van der Waals surface area contributed by atoms with E-state index in [9.17, 15) is 4.79 Å². The fraction of sp³-hybridized carbons (Fsp3) is 0.412. The fourth-order valence-corrected chi connectivity index (χ4v) is 3.22. The van der Waals surface area contributed by atoms with Crippen molar-refractivity contribution in [2.75, 3.05) is 18.4 Å². The molecule has 0 radical (unpaired) electrons. The Bertz CT molecular complexity index is 622. The maximum atomic E-state index is 12.3. The highest BCUT2D eigenvalue weighted by molar-refractivity contribution is 5.89. The molecule has 0 saturated carbocycles. The van der Waals surface area contributed by atoms with Crippen LogP contribution in [-0.2, 0) is 0 Å². The van der Waals surface area contributed by atoms with Crippen LogP contribution >= 0.6 is 0 Å². The number of anilines is 1. The minimum absolute atomic E-state index is 0.0226. The zero-order chi connectivity index (χ0) is 15.5. The quantitative estimate of drug-likeness (QED) is 0.924. The maximum Gasteiger partial charge on any atom is 0.321 e. The largest absolute Gasteiger partial charge is 0.346 e. The van der Waals surface area contributed by atoms with Gasteiger partial charge >= 0.3 is 6.03 Å². The van der Waals surface area contributed by atoms with Crippen molar-refractivity contribution in [3.8, 4) is 0 Å². The number of nitrogens with one attached hydrogen (secondary N) is 1. The van der Waals surface area contributed by atoms with E-state index in [1.807, 2.05) is 4.90 Å². The third-order valence-corrected chi connectivity index (χ3v) is 4.37. The molecule has 0 unspecified atom stereocenters. The van der Waals surface area contributed by atoms with Crippen LogP contribution in [0.5, 0.6) is 0 Å². The van der Waals surface area contributed by atoms with Crippen LogP contribution < -0.4 is 5.32 Å². The lowest BCUT2D eigenvalue weighted by atomic mass is 10.0. The first kappa shape index (κ1) is 14.6. The number of pyridine rings is 1. The summed E-state index contributed by atoms with van der Waals surface area (Å²) in [5.74, 6) is 0. The molecule has 1 fully saturated rings. The summed E-state index contributed by atoms with van der Waals surface area (Å²) in [4.78, 5) is 18.1. The Morgan fingerprint density at radius 3 is 2.27 bits per heavy atom. The summed E-state index contributed by atoms with van der Waals surface area (Å²) >= 11 is 0. The molecule has 0 aliphatic carbocycles. The van der Waals surface area contributed by atoms with Crippen molar-refractivity contribution in [1.29, 1.82) is 0 Å². The van der Waals surface area contributed by atoms with Crippen molar-refractivity contribution < 1.29 is 4.79 Å². The lowest BCUT2D eigenvalue weighted by Gasteiger charge is -2.34. The van der Waals surface area contributed by atoms with Crippen molar-refractivity contribution in [1.82, 2.24) is 14.5 Å². The molecule has 3 rings (SSSR count). The van der Waals surface area contributed by atoms with Crippen LogP contribution in [0.2, 0.25) is 0 Å². The van der Waals surface area contributed by atoms with E-state index in [0.29, 0.717) is 6.04 Å². The van der Waals surface area contributed by atoms with Crippen LogP contribution in [0.1, 0.15) is 30.3 Å². The average molecular weight is 298 g/mol. The first-order valence-corrected chi connectivity index (χ1v) is 7.75. The van der Waals surface area contributed by atoms with E-state index in [4.69, 9.17) is 0 Å². The Kier molecular flexibility index (Phi) is 4.13. The number of carbonyl (C=O) groups is 1. The third kappa shape index (κ3) is 2.98. The Hall–Kier alpha value is -2.30. The predicted octanol–water partition coefficient (Wildman–Crippen LogP) is 3.37. The van der Waals surface area contributed by atoms with Gasteiger partial charge in [0.1, 0.15) is 0 Å². The molecule has 116 valence electrons. The summed E-state index contributed by atoms with van der Waals surface area (Å²) in [5.41, 5.74) is 3.40. The van der Waals surface area contributed by atoms with E-state index in [-0.39, 0.29) is 6.03 Å². The fourth-order valence-electron chi connectivity index (χ4n) is 3.22. The number of carbonyl (C=O) groups excluding carboxylic acids is 1. The van der Waals surface area contributed by atoms with Crippen molar-refractivity contribution in [3.63, 3.8) is 0 Å². The zero-order valence-corrected chi connectivity index (χ0v) is 13.1. The molecule has 5 heteroatoms. The van der Waals surface area contributed by atoms with Gasteiger partial charge in [-0.1, -0.05) is 0 Å². The number of piperidine rings is 1. The molecule has 1 N–H and O–H groups in total. The summed E-state index contributed by atoms with van der Waals surface area (Å²) in [6, 6.07) is 8.41. The van der Waals surface area contributed by atoms with E-state index in [1.165, 1.54) is 11.4 Å². The highest BCUT2D eigenvalue weighted by Gasteiger charge is 2.24. The molecular formula is C17H22N4O. The number of aryl methyl sites for hydroxylation is 2. The summed E-state index contributed by atoms with van der Waals surface area (Å²) in [6.45, 7) is 5.88. The lowest BCUT2D eigenvalue weighted by Crippen LogP contribution is -2.41. The predicted molar refractivity (Wildman–Crippen MR) is 87.0 cm³/mol. The van der Waals surface area contributed by atoms with Gasteiger partial charge in [0.15, 0.2) is 0 Å². The van der Waals surface area contributed by atoms with Gasteiger partial charge in [0, 0.05) is 48.6 Å². The van der Waals surface area contributed by atoms with Gasteiger partial charge in [0.25, 0.3) is 0 Å². The number of hydrogen-bond donors (Lipinski definition) is 1. The topological polar surface area (TPSA) is 50.2 Å². The molecule has 0 aromatic carbocycles.